The smallest absolute Gasteiger partial charge is 0.181 e. The minimum absolute atomic E-state index is 0.453. The zero-order valence-corrected chi connectivity index (χ0v) is 11.4. The zero-order valence-electron chi connectivity index (χ0n) is 11.4. The Morgan fingerprint density at radius 1 is 1.20 bits per heavy atom. The maximum Gasteiger partial charge on any atom is 0.181 e. The molecule has 0 spiro atoms. The molecule has 20 heavy (non-hydrogen) atoms. The summed E-state index contributed by atoms with van der Waals surface area (Å²) in [7, 11) is 3.51. The van der Waals surface area contributed by atoms with Gasteiger partial charge in [-0.1, -0.05) is 0 Å². The molecule has 3 rings (SSSR count). The fourth-order valence-corrected chi connectivity index (χ4v) is 1.98. The van der Waals surface area contributed by atoms with Crippen molar-refractivity contribution < 1.29 is 4.74 Å². The molecule has 1 aromatic carbocycles. The molecule has 0 radical (unpaired) electrons. The molecule has 3 aromatic rings. The number of ether oxygens (including phenoxy) is 1. The second-order valence-electron chi connectivity index (χ2n) is 4.41. The van der Waals surface area contributed by atoms with Gasteiger partial charge in [-0.2, -0.15) is 10.2 Å². The third kappa shape index (κ3) is 2.33. The molecule has 0 atom stereocenters. The highest BCUT2D eigenvalue weighted by molar-refractivity contribution is 5.56. The number of aromatic nitrogens is 5. The van der Waals surface area contributed by atoms with Crippen LogP contribution in [0.4, 0.5) is 0 Å². The average Bonchev–Trinajstić information content (AvgIpc) is 3.10. The lowest BCUT2D eigenvalue weighted by Gasteiger charge is -2.01. The van der Waals surface area contributed by atoms with Gasteiger partial charge in [0.1, 0.15) is 6.61 Å². The van der Waals surface area contributed by atoms with Crippen LogP contribution >= 0.6 is 0 Å². The Balaban J connectivity index is 1.89. The van der Waals surface area contributed by atoms with Gasteiger partial charge in [0.05, 0.1) is 5.69 Å². The Hall–Kier alpha value is -2.47. The molecule has 6 heteroatoms. The summed E-state index contributed by atoms with van der Waals surface area (Å²) in [4.78, 5) is 4.47. The molecule has 0 aliphatic heterocycles. The normalized spacial score (nSPS) is 10.9. The number of methoxy groups -OCH3 is 1. The van der Waals surface area contributed by atoms with Crippen molar-refractivity contribution >= 4 is 0 Å². The molecular weight excluding hydrogens is 254 g/mol. The Morgan fingerprint density at radius 3 is 2.65 bits per heavy atom. The van der Waals surface area contributed by atoms with Crippen LogP contribution in [0.25, 0.3) is 17.1 Å². The van der Waals surface area contributed by atoms with Crippen molar-refractivity contribution in [3.63, 3.8) is 0 Å². The Bertz CT molecular complexity index is 685. The number of rotatable bonds is 4. The predicted molar refractivity (Wildman–Crippen MR) is 74.3 cm³/mol. The van der Waals surface area contributed by atoms with Crippen LogP contribution in [0.5, 0.6) is 0 Å². The summed E-state index contributed by atoms with van der Waals surface area (Å²) in [5.41, 5.74) is 1.98. The van der Waals surface area contributed by atoms with Gasteiger partial charge >= 0.3 is 0 Å². The topological polar surface area (TPSA) is 57.8 Å². The number of nitrogens with zero attached hydrogens (tertiary/aromatic N) is 5. The van der Waals surface area contributed by atoms with Crippen molar-refractivity contribution in [3.05, 3.63) is 48.5 Å². The Labute approximate surface area is 116 Å². The van der Waals surface area contributed by atoms with Crippen LogP contribution in [0.1, 0.15) is 5.82 Å². The molecule has 0 N–H and O–H groups in total. The first-order valence-electron chi connectivity index (χ1n) is 6.27. The Morgan fingerprint density at radius 2 is 2.00 bits per heavy atom. The standard InChI is InChI=1S/C14H15N5O/c1-18-13(10-20-2)16-14(17-18)11-4-6-12(7-5-11)19-9-3-8-15-19/h3-9H,10H2,1-2H3. The van der Waals surface area contributed by atoms with E-state index in [9.17, 15) is 0 Å². The van der Waals surface area contributed by atoms with Gasteiger partial charge in [0.2, 0.25) is 0 Å². The van der Waals surface area contributed by atoms with Crippen LogP contribution in [-0.2, 0) is 18.4 Å². The monoisotopic (exact) mass is 269 g/mol. The van der Waals surface area contributed by atoms with Gasteiger partial charge in [-0.25, -0.2) is 9.67 Å². The van der Waals surface area contributed by atoms with Crippen molar-refractivity contribution in [1.82, 2.24) is 24.5 Å². The van der Waals surface area contributed by atoms with E-state index in [1.807, 2.05) is 48.3 Å². The summed E-state index contributed by atoms with van der Waals surface area (Å²) < 4.78 is 8.64. The SMILES string of the molecule is COCc1nc(-c2ccc(-n3cccn3)cc2)nn1C. The summed E-state index contributed by atoms with van der Waals surface area (Å²) in [6.45, 7) is 0.453. The highest BCUT2D eigenvalue weighted by Crippen LogP contribution is 2.18. The van der Waals surface area contributed by atoms with Gasteiger partial charge in [-0.3, -0.25) is 4.68 Å². The van der Waals surface area contributed by atoms with Crippen LogP contribution in [-0.4, -0.2) is 31.7 Å². The first-order chi connectivity index (χ1) is 9.78. The van der Waals surface area contributed by atoms with Crippen LogP contribution in [0.3, 0.4) is 0 Å². The maximum atomic E-state index is 5.09. The molecule has 0 aliphatic rings. The quantitative estimate of drug-likeness (QED) is 0.725. The number of hydrogen-bond acceptors (Lipinski definition) is 4. The minimum atomic E-state index is 0.453. The van der Waals surface area contributed by atoms with Crippen molar-refractivity contribution in [1.29, 1.82) is 0 Å². The fraction of sp³-hybridized carbons (Fsp3) is 0.214. The molecular formula is C14H15N5O. The van der Waals surface area contributed by atoms with Crippen LogP contribution in [0.15, 0.2) is 42.7 Å². The summed E-state index contributed by atoms with van der Waals surface area (Å²) in [6.07, 6.45) is 3.66. The lowest BCUT2D eigenvalue weighted by molar-refractivity contribution is 0.174. The highest BCUT2D eigenvalue weighted by Gasteiger charge is 2.09. The average molecular weight is 269 g/mol. The van der Waals surface area contributed by atoms with Crippen molar-refractivity contribution in [2.75, 3.05) is 7.11 Å². The fourth-order valence-electron chi connectivity index (χ4n) is 1.98. The van der Waals surface area contributed by atoms with E-state index in [-0.39, 0.29) is 0 Å². The van der Waals surface area contributed by atoms with Gasteiger partial charge in [0.15, 0.2) is 11.6 Å². The molecule has 0 unspecified atom stereocenters. The minimum Gasteiger partial charge on any atom is -0.377 e. The van der Waals surface area contributed by atoms with E-state index in [2.05, 4.69) is 15.2 Å². The van der Waals surface area contributed by atoms with E-state index in [1.54, 1.807) is 18.0 Å². The molecule has 2 aromatic heterocycles. The number of hydrogen-bond donors (Lipinski definition) is 0. The second kappa shape index (κ2) is 5.26. The Kier molecular flexibility index (Phi) is 3.30. The van der Waals surface area contributed by atoms with E-state index in [1.165, 1.54) is 0 Å². The van der Waals surface area contributed by atoms with Gasteiger partial charge in [-0.05, 0) is 30.3 Å². The van der Waals surface area contributed by atoms with Crippen LogP contribution in [0.2, 0.25) is 0 Å². The van der Waals surface area contributed by atoms with E-state index >= 15 is 0 Å². The summed E-state index contributed by atoms with van der Waals surface area (Å²) >= 11 is 0. The highest BCUT2D eigenvalue weighted by atomic mass is 16.5. The third-order valence-electron chi connectivity index (χ3n) is 3.02. The molecule has 0 fully saturated rings. The molecule has 0 bridgehead atoms. The van der Waals surface area contributed by atoms with Gasteiger partial charge in [0, 0.05) is 32.1 Å². The molecule has 0 aliphatic carbocycles. The molecule has 0 saturated heterocycles. The van der Waals surface area contributed by atoms with E-state index < -0.39 is 0 Å². The molecule has 6 nitrogen and oxygen atoms in total. The zero-order chi connectivity index (χ0) is 13.9. The van der Waals surface area contributed by atoms with Gasteiger partial charge in [0.25, 0.3) is 0 Å². The summed E-state index contributed by atoms with van der Waals surface area (Å²) in [5, 5.41) is 8.59. The van der Waals surface area contributed by atoms with Crippen molar-refractivity contribution in [2.45, 2.75) is 6.61 Å². The largest absolute Gasteiger partial charge is 0.377 e. The van der Waals surface area contributed by atoms with Crippen LogP contribution in [0, 0.1) is 0 Å². The van der Waals surface area contributed by atoms with Gasteiger partial charge < -0.3 is 4.74 Å². The van der Waals surface area contributed by atoms with Crippen molar-refractivity contribution in [2.24, 2.45) is 7.05 Å². The molecule has 2 heterocycles. The van der Waals surface area contributed by atoms with Crippen molar-refractivity contribution in [3.8, 4) is 17.1 Å². The summed E-state index contributed by atoms with van der Waals surface area (Å²) in [5.74, 6) is 1.50. The lowest BCUT2D eigenvalue weighted by Crippen LogP contribution is -2.00. The van der Waals surface area contributed by atoms with E-state index in [0.717, 1.165) is 17.1 Å². The maximum absolute atomic E-state index is 5.09. The first kappa shape index (κ1) is 12.6. The molecule has 0 amide bonds. The van der Waals surface area contributed by atoms with E-state index in [4.69, 9.17) is 4.74 Å². The third-order valence-corrected chi connectivity index (χ3v) is 3.02. The first-order valence-corrected chi connectivity index (χ1v) is 6.27. The second-order valence-corrected chi connectivity index (χ2v) is 4.41. The predicted octanol–water partition coefficient (Wildman–Crippen LogP) is 1.81. The van der Waals surface area contributed by atoms with Crippen LogP contribution < -0.4 is 0 Å². The number of aryl methyl sites for hydroxylation is 1. The lowest BCUT2D eigenvalue weighted by atomic mass is 10.2. The van der Waals surface area contributed by atoms with E-state index in [0.29, 0.717) is 12.4 Å². The molecule has 102 valence electrons. The number of benzene rings is 1. The van der Waals surface area contributed by atoms with Gasteiger partial charge in [-0.15, -0.1) is 0 Å². The summed E-state index contributed by atoms with van der Waals surface area (Å²) in [6, 6.07) is 9.86. The molecule has 0 saturated carbocycles.